The van der Waals surface area contributed by atoms with Crippen LogP contribution in [0.25, 0.3) is 0 Å². The van der Waals surface area contributed by atoms with Gasteiger partial charge < -0.3 is 5.32 Å². The Balaban J connectivity index is 2.75. The molecule has 14 heavy (non-hydrogen) atoms. The molecule has 0 saturated heterocycles. The first-order valence-corrected chi connectivity index (χ1v) is 5.55. The maximum atomic E-state index is 11.3. The van der Waals surface area contributed by atoms with Crippen LogP contribution in [0.3, 0.4) is 0 Å². The van der Waals surface area contributed by atoms with Gasteiger partial charge in [-0.05, 0) is 40.5 Å². The third-order valence-corrected chi connectivity index (χ3v) is 2.61. The highest BCUT2D eigenvalue weighted by atomic mass is 79.9. The van der Waals surface area contributed by atoms with Crippen molar-refractivity contribution in [3.8, 4) is 0 Å². The highest BCUT2D eigenvalue weighted by molar-refractivity contribution is 9.10. The summed E-state index contributed by atoms with van der Waals surface area (Å²) < 4.78 is 0.839. The van der Waals surface area contributed by atoms with Crippen LogP contribution < -0.4 is 5.32 Å². The summed E-state index contributed by atoms with van der Waals surface area (Å²) in [4.78, 5) is 11.3. The Bertz CT molecular complexity index is 341. The van der Waals surface area contributed by atoms with Crippen molar-refractivity contribution in [2.75, 3.05) is 5.32 Å². The Morgan fingerprint density at radius 2 is 2.29 bits per heavy atom. The molecular formula is C10H11BrClNO. The summed E-state index contributed by atoms with van der Waals surface area (Å²) >= 11 is 9.14. The lowest BCUT2D eigenvalue weighted by Gasteiger charge is -2.06. The summed E-state index contributed by atoms with van der Waals surface area (Å²) in [5.41, 5.74) is 0.718. The molecule has 0 atom stereocenters. The van der Waals surface area contributed by atoms with Gasteiger partial charge in [0.25, 0.3) is 0 Å². The fraction of sp³-hybridized carbons (Fsp3) is 0.300. The predicted octanol–water partition coefficient (Wildman–Crippen LogP) is 3.84. The molecule has 2 nitrogen and oxygen atoms in total. The Labute approximate surface area is 96.8 Å². The molecule has 0 fully saturated rings. The number of amides is 1. The van der Waals surface area contributed by atoms with Gasteiger partial charge in [0.05, 0.1) is 5.69 Å². The molecule has 0 aromatic heterocycles. The normalized spacial score (nSPS) is 9.93. The standard InChI is InChI=1S/C10H11BrClNO/c1-2-3-10(14)13-9-6-7(12)4-5-8(9)11/h4-6H,2-3H2,1H3,(H,13,14). The molecule has 0 aliphatic rings. The summed E-state index contributed by atoms with van der Waals surface area (Å²) in [5, 5.41) is 3.39. The van der Waals surface area contributed by atoms with Gasteiger partial charge in [-0.2, -0.15) is 0 Å². The lowest BCUT2D eigenvalue weighted by Crippen LogP contribution is -2.10. The second kappa shape index (κ2) is 5.37. The molecule has 0 saturated carbocycles. The van der Waals surface area contributed by atoms with Crippen LogP contribution in [0.1, 0.15) is 19.8 Å². The van der Waals surface area contributed by atoms with Gasteiger partial charge >= 0.3 is 0 Å². The second-order valence-electron chi connectivity index (χ2n) is 2.92. The third-order valence-electron chi connectivity index (χ3n) is 1.68. The van der Waals surface area contributed by atoms with Gasteiger partial charge in [0, 0.05) is 15.9 Å². The fourth-order valence-corrected chi connectivity index (χ4v) is 1.55. The monoisotopic (exact) mass is 275 g/mol. The first-order chi connectivity index (χ1) is 6.63. The highest BCUT2D eigenvalue weighted by Crippen LogP contribution is 2.25. The Hall–Kier alpha value is -0.540. The van der Waals surface area contributed by atoms with E-state index in [0.29, 0.717) is 11.4 Å². The van der Waals surface area contributed by atoms with Crippen molar-refractivity contribution in [1.29, 1.82) is 0 Å². The van der Waals surface area contributed by atoms with E-state index in [1.807, 2.05) is 13.0 Å². The molecule has 0 aliphatic carbocycles. The quantitative estimate of drug-likeness (QED) is 0.893. The van der Waals surface area contributed by atoms with E-state index in [4.69, 9.17) is 11.6 Å². The van der Waals surface area contributed by atoms with Crippen LogP contribution in [0.4, 0.5) is 5.69 Å². The first-order valence-electron chi connectivity index (χ1n) is 4.38. The number of hydrogen-bond donors (Lipinski definition) is 1. The molecule has 1 amide bonds. The van der Waals surface area contributed by atoms with Gasteiger partial charge in [-0.1, -0.05) is 18.5 Å². The topological polar surface area (TPSA) is 29.1 Å². The van der Waals surface area contributed by atoms with E-state index in [9.17, 15) is 4.79 Å². The third kappa shape index (κ3) is 3.31. The molecule has 0 heterocycles. The van der Waals surface area contributed by atoms with Crippen LogP contribution in [-0.2, 0) is 4.79 Å². The average Bonchev–Trinajstić information content (AvgIpc) is 2.12. The van der Waals surface area contributed by atoms with E-state index in [0.717, 1.165) is 16.6 Å². The van der Waals surface area contributed by atoms with Crippen LogP contribution in [-0.4, -0.2) is 5.91 Å². The average molecular weight is 277 g/mol. The lowest BCUT2D eigenvalue weighted by molar-refractivity contribution is -0.116. The summed E-state index contributed by atoms with van der Waals surface area (Å²) in [6, 6.07) is 5.30. The van der Waals surface area contributed by atoms with E-state index in [1.165, 1.54) is 0 Å². The van der Waals surface area contributed by atoms with Crippen molar-refractivity contribution in [2.24, 2.45) is 0 Å². The smallest absolute Gasteiger partial charge is 0.224 e. The fourth-order valence-electron chi connectivity index (χ4n) is 1.03. The number of benzene rings is 1. The Morgan fingerprint density at radius 3 is 2.93 bits per heavy atom. The Kier molecular flexibility index (Phi) is 4.42. The number of nitrogens with one attached hydrogen (secondary N) is 1. The Morgan fingerprint density at radius 1 is 1.57 bits per heavy atom. The van der Waals surface area contributed by atoms with E-state index in [-0.39, 0.29) is 5.91 Å². The summed E-state index contributed by atoms with van der Waals surface area (Å²) in [7, 11) is 0. The van der Waals surface area contributed by atoms with Gasteiger partial charge in [-0.25, -0.2) is 0 Å². The number of anilines is 1. The van der Waals surface area contributed by atoms with E-state index >= 15 is 0 Å². The molecule has 1 aromatic carbocycles. The summed E-state index contributed by atoms with van der Waals surface area (Å²) in [6.07, 6.45) is 1.36. The van der Waals surface area contributed by atoms with Crippen molar-refractivity contribution in [1.82, 2.24) is 0 Å². The molecule has 0 unspecified atom stereocenters. The van der Waals surface area contributed by atoms with Crippen LogP contribution in [0.2, 0.25) is 5.02 Å². The van der Waals surface area contributed by atoms with Crippen LogP contribution in [0.5, 0.6) is 0 Å². The van der Waals surface area contributed by atoms with Crippen LogP contribution in [0, 0.1) is 0 Å². The molecule has 4 heteroatoms. The maximum Gasteiger partial charge on any atom is 0.224 e. The number of halogens is 2. The largest absolute Gasteiger partial charge is 0.325 e. The minimum absolute atomic E-state index is 0.00969. The molecule has 0 radical (unpaired) electrons. The minimum Gasteiger partial charge on any atom is -0.325 e. The zero-order chi connectivity index (χ0) is 10.6. The van der Waals surface area contributed by atoms with E-state index in [2.05, 4.69) is 21.2 Å². The molecule has 1 rings (SSSR count). The zero-order valence-corrected chi connectivity index (χ0v) is 10.2. The highest BCUT2D eigenvalue weighted by Gasteiger charge is 2.04. The SMILES string of the molecule is CCCC(=O)Nc1cc(Cl)ccc1Br. The number of rotatable bonds is 3. The van der Waals surface area contributed by atoms with Gasteiger partial charge in [-0.15, -0.1) is 0 Å². The maximum absolute atomic E-state index is 11.3. The van der Waals surface area contributed by atoms with Crippen LogP contribution >= 0.6 is 27.5 Å². The number of hydrogen-bond acceptors (Lipinski definition) is 1. The van der Waals surface area contributed by atoms with Crippen LogP contribution in [0.15, 0.2) is 22.7 Å². The van der Waals surface area contributed by atoms with Gasteiger partial charge in [0.1, 0.15) is 0 Å². The summed E-state index contributed by atoms with van der Waals surface area (Å²) in [6.45, 7) is 1.96. The van der Waals surface area contributed by atoms with E-state index in [1.54, 1.807) is 12.1 Å². The molecular weight excluding hydrogens is 265 g/mol. The number of carbonyl (C=O) groups excluding carboxylic acids is 1. The number of carbonyl (C=O) groups is 1. The van der Waals surface area contributed by atoms with Gasteiger partial charge in [0.15, 0.2) is 0 Å². The molecule has 1 aromatic rings. The molecule has 0 spiro atoms. The predicted molar refractivity (Wildman–Crippen MR) is 62.7 cm³/mol. The van der Waals surface area contributed by atoms with Gasteiger partial charge in [0.2, 0.25) is 5.91 Å². The zero-order valence-electron chi connectivity index (χ0n) is 7.81. The van der Waals surface area contributed by atoms with Crippen molar-refractivity contribution in [2.45, 2.75) is 19.8 Å². The first kappa shape index (κ1) is 11.5. The lowest BCUT2D eigenvalue weighted by atomic mass is 10.3. The molecule has 0 aliphatic heterocycles. The minimum atomic E-state index is 0.00969. The molecule has 0 bridgehead atoms. The summed E-state index contributed by atoms with van der Waals surface area (Å²) in [5.74, 6) is 0.00969. The van der Waals surface area contributed by atoms with Crippen molar-refractivity contribution in [3.63, 3.8) is 0 Å². The molecule has 76 valence electrons. The van der Waals surface area contributed by atoms with Gasteiger partial charge in [-0.3, -0.25) is 4.79 Å². The van der Waals surface area contributed by atoms with Crippen molar-refractivity contribution >= 4 is 39.1 Å². The van der Waals surface area contributed by atoms with E-state index < -0.39 is 0 Å². The molecule has 1 N–H and O–H groups in total. The van der Waals surface area contributed by atoms with Crippen molar-refractivity contribution in [3.05, 3.63) is 27.7 Å². The van der Waals surface area contributed by atoms with Crippen molar-refractivity contribution < 1.29 is 4.79 Å². The second-order valence-corrected chi connectivity index (χ2v) is 4.21.